The lowest BCUT2D eigenvalue weighted by molar-refractivity contribution is 0.0693. The van der Waals surface area contributed by atoms with Crippen LogP contribution in [0.25, 0.3) is 0 Å². The van der Waals surface area contributed by atoms with Crippen molar-refractivity contribution in [2.24, 2.45) is 5.92 Å². The van der Waals surface area contributed by atoms with Gasteiger partial charge in [-0.3, -0.25) is 4.79 Å². The normalized spacial score (nSPS) is 26.3. The van der Waals surface area contributed by atoms with Crippen LogP contribution < -0.4 is 5.32 Å². The number of aliphatic hydroxyl groups is 1. The zero-order chi connectivity index (χ0) is 14.8. The zero-order valence-electron chi connectivity index (χ0n) is 11.5. The third-order valence-corrected chi connectivity index (χ3v) is 4.58. The highest BCUT2D eigenvalue weighted by Gasteiger charge is 2.36. The molecule has 1 saturated carbocycles. The number of hydrogen-bond acceptors (Lipinski definition) is 2. The van der Waals surface area contributed by atoms with Crippen LogP contribution in [0.15, 0.2) is 22.7 Å². The van der Waals surface area contributed by atoms with E-state index in [0.717, 1.165) is 25.7 Å². The van der Waals surface area contributed by atoms with E-state index in [2.05, 4.69) is 28.2 Å². The largest absolute Gasteiger partial charge is 0.394 e. The second-order valence-corrected chi connectivity index (χ2v) is 6.55. The third kappa shape index (κ3) is 3.20. The summed E-state index contributed by atoms with van der Waals surface area (Å²) < 4.78 is 14.2. The summed E-state index contributed by atoms with van der Waals surface area (Å²) in [5, 5.41) is 12.5. The van der Waals surface area contributed by atoms with Crippen molar-refractivity contribution in [1.29, 1.82) is 0 Å². The maximum Gasteiger partial charge on any atom is 0.254 e. The number of benzene rings is 1. The van der Waals surface area contributed by atoms with Gasteiger partial charge in [-0.15, -0.1) is 0 Å². The molecule has 0 aromatic heterocycles. The van der Waals surface area contributed by atoms with Crippen LogP contribution in [0.5, 0.6) is 0 Å². The maximum absolute atomic E-state index is 13.9. The molecule has 2 rings (SSSR count). The smallest absolute Gasteiger partial charge is 0.254 e. The molecule has 0 bridgehead atoms. The molecule has 1 fully saturated rings. The van der Waals surface area contributed by atoms with Crippen LogP contribution in [0.1, 0.15) is 43.0 Å². The molecule has 1 aromatic rings. The molecule has 2 N–H and O–H groups in total. The van der Waals surface area contributed by atoms with Gasteiger partial charge in [-0.1, -0.05) is 25.8 Å². The lowest BCUT2D eigenvalue weighted by atomic mass is 9.76. The first kappa shape index (κ1) is 15.4. The van der Waals surface area contributed by atoms with E-state index in [-0.39, 0.29) is 16.6 Å². The zero-order valence-corrected chi connectivity index (χ0v) is 13.0. The van der Waals surface area contributed by atoms with Crippen LogP contribution in [0, 0.1) is 11.7 Å². The second-order valence-electron chi connectivity index (χ2n) is 5.70. The lowest BCUT2D eigenvalue weighted by Crippen LogP contribution is -2.54. The van der Waals surface area contributed by atoms with Gasteiger partial charge in [0.05, 0.1) is 22.2 Å². The Morgan fingerprint density at radius 3 is 3.00 bits per heavy atom. The fraction of sp³-hybridized carbons (Fsp3) is 0.533. The second kappa shape index (κ2) is 6.22. The van der Waals surface area contributed by atoms with E-state index >= 15 is 0 Å². The molecular formula is C15H19BrFNO2. The van der Waals surface area contributed by atoms with Gasteiger partial charge in [-0.25, -0.2) is 4.39 Å². The van der Waals surface area contributed by atoms with Gasteiger partial charge < -0.3 is 10.4 Å². The number of aliphatic hydroxyl groups excluding tert-OH is 1. The molecule has 0 spiro atoms. The van der Waals surface area contributed by atoms with E-state index in [9.17, 15) is 14.3 Å². The summed E-state index contributed by atoms with van der Waals surface area (Å²) in [5.41, 5.74) is -0.616. The van der Waals surface area contributed by atoms with E-state index in [1.807, 2.05) is 0 Å². The first-order chi connectivity index (χ1) is 9.47. The number of carbonyl (C=O) groups is 1. The Labute approximate surface area is 126 Å². The van der Waals surface area contributed by atoms with E-state index in [1.165, 1.54) is 6.07 Å². The first-order valence-electron chi connectivity index (χ1n) is 6.85. The van der Waals surface area contributed by atoms with Gasteiger partial charge in [0.2, 0.25) is 0 Å². The van der Waals surface area contributed by atoms with E-state index in [4.69, 9.17) is 0 Å². The standard InChI is InChI=1S/C15H19BrFNO2/c1-10-4-3-7-15(8-10,9-19)18-14(20)11-5-2-6-12(16)13(11)17/h2,5-6,10,19H,3-4,7-9H2,1H3,(H,18,20). The number of hydrogen-bond donors (Lipinski definition) is 2. The van der Waals surface area contributed by atoms with Crippen LogP contribution in [0.4, 0.5) is 4.39 Å². The Morgan fingerprint density at radius 1 is 1.60 bits per heavy atom. The van der Waals surface area contributed by atoms with E-state index in [0.29, 0.717) is 5.92 Å². The molecule has 0 saturated heterocycles. The van der Waals surface area contributed by atoms with E-state index < -0.39 is 17.3 Å². The molecule has 110 valence electrons. The molecule has 2 unspecified atom stereocenters. The van der Waals surface area contributed by atoms with Crippen molar-refractivity contribution in [2.75, 3.05) is 6.61 Å². The number of halogens is 2. The van der Waals surface area contributed by atoms with Gasteiger partial charge in [0.25, 0.3) is 5.91 Å². The highest BCUT2D eigenvalue weighted by molar-refractivity contribution is 9.10. The molecular weight excluding hydrogens is 325 g/mol. The summed E-state index contributed by atoms with van der Waals surface area (Å²) in [6.45, 7) is 1.99. The fourth-order valence-corrected chi connectivity index (χ4v) is 3.31. The molecule has 3 nitrogen and oxygen atoms in total. The first-order valence-corrected chi connectivity index (χ1v) is 7.64. The molecule has 5 heteroatoms. The van der Waals surface area contributed by atoms with Crippen molar-refractivity contribution in [3.05, 3.63) is 34.1 Å². The van der Waals surface area contributed by atoms with Gasteiger partial charge in [-0.05, 0) is 46.8 Å². The van der Waals surface area contributed by atoms with Crippen molar-refractivity contribution in [3.63, 3.8) is 0 Å². The minimum atomic E-state index is -0.622. The minimum Gasteiger partial charge on any atom is -0.394 e. The van der Waals surface area contributed by atoms with Gasteiger partial charge in [-0.2, -0.15) is 0 Å². The van der Waals surface area contributed by atoms with Crippen molar-refractivity contribution in [1.82, 2.24) is 5.32 Å². The number of nitrogens with one attached hydrogen (secondary N) is 1. The molecule has 0 radical (unpaired) electrons. The summed E-state index contributed by atoms with van der Waals surface area (Å²) in [6.07, 6.45) is 3.52. The summed E-state index contributed by atoms with van der Waals surface area (Å²) in [4.78, 5) is 12.3. The van der Waals surface area contributed by atoms with Gasteiger partial charge in [0.15, 0.2) is 0 Å². The van der Waals surface area contributed by atoms with Crippen molar-refractivity contribution >= 4 is 21.8 Å². The molecule has 1 aromatic carbocycles. The number of amides is 1. The van der Waals surface area contributed by atoms with Gasteiger partial charge >= 0.3 is 0 Å². The minimum absolute atomic E-state index is 0.00502. The van der Waals surface area contributed by atoms with Crippen molar-refractivity contribution in [2.45, 2.75) is 38.1 Å². The highest BCUT2D eigenvalue weighted by atomic mass is 79.9. The summed E-state index contributed by atoms with van der Waals surface area (Å²) in [7, 11) is 0. The Bertz CT molecular complexity index is 509. The van der Waals surface area contributed by atoms with Gasteiger partial charge in [0.1, 0.15) is 5.82 Å². The van der Waals surface area contributed by atoms with Crippen LogP contribution in [0.3, 0.4) is 0 Å². The van der Waals surface area contributed by atoms with E-state index in [1.54, 1.807) is 12.1 Å². The summed E-state index contributed by atoms with van der Waals surface area (Å²) in [5.74, 6) is -0.586. The van der Waals surface area contributed by atoms with Crippen LogP contribution in [-0.2, 0) is 0 Å². The average Bonchev–Trinajstić information content (AvgIpc) is 2.41. The number of carbonyl (C=O) groups excluding carboxylic acids is 1. The molecule has 20 heavy (non-hydrogen) atoms. The van der Waals surface area contributed by atoms with Crippen LogP contribution in [-0.4, -0.2) is 23.2 Å². The topological polar surface area (TPSA) is 49.3 Å². The van der Waals surface area contributed by atoms with Crippen LogP contribution in [0.2, 0.25) is 0 Å². The quantitative estimate of drug-likeness (QED) is 0.884. The Hall–Kier alpha value is -0.940. The fourth-order valence-electron chi connectivity index (χ4n) is 2.94. The molecule has 1 aliphatic carbocycles. The third-order valence-electron chi connectivity index (χ3n) is 3.97. The van der Waals surface area contributed by atoms with Crippen molar-refractivity contribution in [3.8, 4) is 0 Å². The molecule has 0 heterocycles. The predicted molar refractivity (Wildman–Crippen MR) is 79.0 cm³/mol. The maximum atomic E-state index is 13.9. The van der Waals surface area contributed by atoms with Crippen molar-refractivity contribution < 1.29 is 14.3 Å². The Morgan fingerprint density at radius 2 is 2.35 bits per heavy atom. The monoisotopic (exact) mass is 343 g/mol. The molecule has 1 aliphatic rings. The highest BCUT2D eigenvalue weighted by Crippen LogP contribution is 2.32. The molecule has 1 amide bonds. The SMILES string of the molecule is CC1CCCC(CO)(NC(=O)c2cccc(Br)c2F)C1. The van der Waals surface area contributed by atoms with Crippen LogP contribution >= 0.6 is 15.9 Å². The lowest BCUT2D eigenvalue weighted by Gasteiger charge is -2.39. The Kier molecular flexibility index (Phi) is 4.81. The summed E-state index contributed by atoms with van der Waals surface area (Å²) in [6, 6.07) is 4.63. The van der Waals surface area contributed by atoms with Gasteiger partial charge in [0, 0.05) is 0 Å². The molecule has 2 atom stereocenters. The predicted octanol–water partition coefficient (Wildman–Crippen LogP) is 3.26. The Balaban J connectivity index is 2.19. The number of rotatable bonds is 3. The summed E-state index contributed by atoms with van der Waals surface area (Å²) >= 11 is 3.08. The average molecular weight is 344 g/mol. The molecule has 0 aliphatic heterocycles.